The van der Waals surface area contributed by atoms with Crippen LogP contribution in [0.4, 0.5) is 5.82 Å². The minimum Gasteiger partial charge on any atom is -0.373 e. The Balaban J connectivity index is 1.63. The maximum Gasteiger partial charge on any atom is 0.246 e. The lowest BCUT2D eigenvalue weighted by atomic mass is 10.1. The highest BCUT2D eigenvalue weighted by atomic mass is 32.2. The van der Waals surface area contributed by atoms with Gasteiger partial charge in [-0.3, -0.25) is 4.90 Å². The fourth-order valence-corrected chi connectivity index (χ4v) is 5.78. The molecule has 3 fully saturated rings. The standard InChI is InChI=1S/C17H26N4O3S/c1-19-10-11-24-15-13-20(12-14(15)19)17-16(6-5-7-18-17)25(22,23)21-8-3-2-4-9-21/h5-7,14-15H,2-4,8-13H2,1H3. The summed E-state index contributed by atoms with van der Waals surface area (Å²) in [7, 11) is -1.40. The summed E-state index contributed by atoms with van der Waals surface area (Å²) in [4.78, 5) is 9.16. The predicted molar refractivity (Wildman–Crippen MR) is 95.2 cm³/mol. The molecule has 0 bridgehead atoms. The molecule has 3 aliphatic heterocycles. The fourth-order valence-electron chi connectivity index (χ4n) is 4.10. The molecule has 1 aromatic rings. The van der Waals surface area contributed by atoms with Crippen molar-refractivity contribution < 1.29 is 13.2 Å². The maximum absolute atomic E-state index is 13.2. The van der Waals surface area contributed by atoms with Crippen LogP contribution in [0.3, 0.4) is 0 Å². The molecule has 3 aliphatic rings. The van der Waals surface area contributed by atoms with E-state index >= 15 is 0 Å². The highest BCUT2D eigenvalue weighted by Gasteiger charge is 2.41. The molecule has 4 rings (SSSR count). The number of likely N-dealkylation sites (N-methyl/N-ethyl adjacent to an activating group) is 1. The number of rotatable bonds is 3. The first-order valence-corrected chi connectivity index (χ1v) is 10.5. The molecule has 3 saturated heterocycles. The topological polar surface area (TPSA) is 66.0 Å². The highest BCUT2D eigenvalue weighted by molar-refractivity contribution is 7.89. The number of sulfonamides is 1. The Bertz CT molecular complexity index is 720. The number of piperidine rings is 1. The first-order chi connectivity index (χ1) is 12.1. The van der Waals surface area contributed by atoms with E-state index in [9.17, 15) is 8.42 Å². The second-order valence-electron chi connectivity index (χ2n) is 7.15. The Morgan fingerprint density at radius 1 is 1.16 bits per heavy atom. The Labute approximate surface area is 149 Å². The van der Waals surface area contributed by atoms with Gasteiger partial charge in [-0.1, -0.05) is 6.42 Å². The van der Waals surface area contributed by atoms with Crippen molar-refractivity contribution in [1.29, 1.82) is 0 Å². The number of morpholine rings is 1. The van der Waals surface area contributed by atoms with Gasteiger partial charge in [0.2, 0.25) is 10.0 Å². The SMILES string of the molecule is CN1CCOC2CN(c3ncccc3S(=O)(=O)N3CCCCC3)CC21. The van der Waals surface area contributed by atoms with Gasteiger partial charge in [0.15, 0.2) is 0 Å². The highest BCUT2D eigenvalue weighted by Crippen LogP contribution is 2.32. The Hall–Kier alpha value is -1.22. The van der Waals surface area contributed by atoms with Crippen LogP contribution in [-0.4, -0.2) is 81.1 Å². The smallest absolute Gasteiger partial charge is 0.246 e. The lowest BCUT2D eigenvalue weighted by Crippen LogP contribution is -2.48. The van der Waals surface area contributed by atoms with Gasteiger partial charge in [0.05, 0.1) is 18.8 Å². The molecule has 1 aromatic heterocycles. The van der Waals surface area contributed by atoms with Crippen LogP contribution in [0.15, 0.2) is 23.2 Å². The van der Waals surface area contributed by atoms with Crippen molar-refractivity contribution in [3.63, 3.8) is 0 Å². The third-order valence-electron chi connectivity index (χ3n) is 5.56. The van der Waals surface area contributed by atoms with Crippen LogP contribution >= 0.6 is 0 Å². The van der Waals surface area contributed by atoms with Crippen LogP contribution in [0.2, 0.25) is 0 Å². The van der Waals surface area contributed by atoms with Crippen molar-refractivity contribution in [3.8, 4) is 0 Å². The molecule has 0 saturated carbocycles. The number of fused-ring (bicyclic) bond motifs is 1. The van der Waals surface area contributed by atoms with Gasteiger partial charge < -0.3 is 9.64 Å². The third-order valence-corrected chi connectivity index (χ3v) is 7.48. The Morgan fingerprint density at radius 3 is 2.72 bits per heavy atom. The number of aromatic nitrogens is 1. The molecule has 7 nitrogen and oxygen atoms in total. The summed E-state index contributed by atoms with van der Waals surface area (Å²) in [6, 6.07) is 3.70. The Morgan fingerprint density at radius 2 is 1.96 bits per heavy atom. The molecule has 0 radical (unpaired) electrons. The summed E-state index contributed by atoms with van der Waals surface area (Å²) in [6.07, 6.45) is 4.76. The van der Waals surface area contributed by atoms with Crippen molar-refractivity contribution in [2.75, 3.05) is 51.3 Å². The first kappa shape index (κ1) is 17.2. The van der Waals surface area contributed by atoms with E-state index in [-0.39, 0.29) is 6.10 Å². The lowest BCUT2D eigenvalue weighted by Gasteiger charge is -2.33. The van der Waals surface area contributed by atoms with Gasteiger partial charge in [-0.05, 0) is 32.0 Å². The first-order valence-electron chi connectivity index (χ1n) is 9.09. The van der Waals surface area contributed by atoms with Gasteiger partial charge in [-0.15, -0.1) is 0 Å². The van der Waals surface area contributed by atoms with E-state index in [1.165, 1.54) is 0 Å². The summed E-state index contributed by atoms with van der Waals surface area (Å²) in [5, 5.41) is 0. The number of hydrogen-bond donors (Lipinski definition) is 0. The van der Waals surface area contributed by atoms with E-state index in [1.54, 1.807) is 22.6 Å². The second kappa shape index (κ2) is 6.83. The number of nitrogens with zero attached hydrogens (tertiary/aromatic N) is 4. The summed E-state index contributed by atoms with van der Waals surface area (Å²) >= 11 is 0. The molecule has 0 N–H and O–H groups in total. The molecule has 138 valence electrons. The zero-order chi connectivity index (χ0) is 17.4. The largest absolute Gasteiger partial charge is 0.373 e. The van der Waals surface area contributed by atoms with Gasteiger partial charge in [-0.25, -0.2) is 13.4 Å². The zero-order valence-corrected chi connectivity index (χ0v) is 15.5. The van der Waals surface area contributed by atoms with Crippen molar-refractivity contribution >= 4 is 15.8 Å². The van der Waals surface area contributed by atoms with Gasteiger partial charge in [0, 0.05) is 38.9 Å². The van der Waals surface area contributed by atoms with Gasteiger partial charge in [0.1, 0.15) is 10.7 Å². The van der Waals surface area contributed by atoms with Gasteiger partial charge in [-0.2, -0.15) is 4.31 Å². The molecule has 2 unspecified atom stereocenters. The molecule has 0 aromatic carbocycles. The van der Waals surface area contributed by atoms with Crippen LogP contribution in [0.25, 0.3) is 0 Å². The number of anilines is 1. The maximum atomic E-state index is 13.2. The number of pyridine rings is 1. The van der Waals surface area contributed by atoms with E-state index in [4.69, 9.17) is 4.74 Å². The monoisotopic (exact) mass is 366 g/mol. The molecule has 25 heavy (non-hydrogen) atoms. The van der Waals surface area contributed by atoms with E-state index in [1.807, 2.05) is 0 Å². The number of ether oxygens (including phenoxy) is 1. The molecule has 4 heterocycles. The molecule has 0 amide bonds. The summed E-state index contributed by atoms with van der Waals surface area (Å²) in [5.41, 5.74) is 0. The second-order valence-corrected chi connectivity index (χ2v) is 9.06. The summed E-state index contributed by atoms with van der Waals surface area (Å²) in [6.45, 7) is 4.29. The molecule has 8 heteroatoms. The van der Waals surface area contributed by atoms with Crippen LogP contribution in [-0.2, 0) is 14.8 Å². The fraction of sp³-hybridized carbons (Fsp3) is 0.706. The summed E-state index contributed by atoms with van der Waals surface area (Å²) in [5.74, 6) is 0.569. The Kier molecular flexibility index (Phi) is 4.70. The predicted octanol–water partition coefficient (Wildman–Crippen LogP) is 0.775. The molecule has 2 atom stereocenters. The van der Waals surface area contributed by atoms with Crippen LogP contribution in [0, 0.1) is 0 Å². The zero-order valence-electron chi connectivity index (χ0n) is 14.7. The minimum atomic E-state index is -3.50. The minimum absolute atomic E-state index is 0.117. The van der Waals surface area contributed by atoms with Gasteiger partial charge >= 0.3 is 0 Å². The van der Waals surface area contributed by atoms with Crippen LogP contribution in [0.5, 0.6) is 0 Å². The van der Waals surface area contributed by atoms with Crippen molar-refractivity contribution in [1.82, 2.24) is 14.2 Å². The quantitative estimate of drug-likeness (QED) is 0.788. The normalized spacial score (nSPS) is 28.9. The van der Waals surface area contributed by atoms with Crippen LogP contribution < -0.4 is 4.90 Å². The average Bonchev–Trinajstić information content (AvgIpc) is 3.08. The average molecular weight is 366 g/mol. The summed E-state index contributed by atoms with van der Waals surface area (Å²) < 4.78 is 33.8. The number of hydrogen-bond acceptors (Lipinski definition) is 6. The molecule has 0 spiro atoms. The van der Waals surface area contributed by atoms with E-state index in [0.29, 0.717) is 36.4 Å². The third kappa shape index (κ3) is 3.16. The van der Waals surface area contributed by atoms with E-state index in [0.717, 1.165) is 39.0 Å². The lowest BCUT2D eigenvalue weighted by molar-refractivity contribution is -0.0362. The molecule has 0 aliphatic carbocycles. The van der Waals surface area contributed by atoms with E-state index in [2.05, 4.69) is 21.8 Å². The van der Waals surface area contributed by atoms with Crippen molar-refractivity contribution in [2.24, 2.45) is 0 Å². The van der Waals surface area contributed by atoms with Crippen LogP contribution in [0.1, 0.15) is 19.3 Å². The van der Waals surface area contributed by atoms with Crippen molar-refractivity contribution in [2.45, 2.75) is 36.3 Å². The van der Waals surface area contributed by atoms with E-state index < -0.39 is 10.0 Å². The van der Waals surface area contributed by atoms with Gasteiger partial charge in [0.25, 0.3) is 0 Å². The van der Waals surface area contributed by atoms with Crippen molar-refractivity contribution in [3.05, 3.63) is 18.3 Å². The molecular weight excluding hydrogens is 340 g/mol. The molecular formula is C17H26N4O3S.